The van der Waals surface area contributed by atoms with E-state index in [1.807, 2.05) is 29.9 Å². The lowest BCUT2D eigenvalue weighted by molar-refractivity contribution is 0.589. The van der Waals surface area contributed by atoms with Gasteiger partial charge in [-0.15, -0.1) is 0 Å². The molecule has 3 aromatic rings. The average Bonchev–Trinajstić information content (AvgIpc) is 2.92. The monoisotopic (exact) mass is 365 g/mol. The molecule has 0 saturated heterocycles. The number of benzene rings is 2. The molecule has 0 radical (unpaired) electrons. The van der Waals surface area contributed by atoms with Crippen molar-refractivity contribution >= 4 is 11.8 Å². The Morgan fingerprint density at radius 1 is 1.00 bits per heavy atom. The first kappa shape index (κ1) is 18.7. The van der Waals surface area contributed by atoms with Gasteiger partial charge in [-0.25, -0.2) is 0 Å². The van der Waals surface area contributed by atoms with Gasteiger partial charge in [0.1, 0.15) is 5.03 Å². The summed E-state index contributed by atoms with van der Waals surface area (Å²) in [6.45, 7) is 7.33. The molecule has 1 aromatic heterocycles. The quantitative estimate of drug-likeness (QED) is 0.689. The van der Waals surface area contributed by atoms with Crippen molar-refractivity contribution in [2.75, 3.05) is 6.54 Å². The predicted molar refractivity (Wildman–Crippen MR) is 111 cm³/mol. The topological polar surface area (TPSA) is 43.8 Å². The van der Waals surface area contributed by atoms with Gasteiger partial charge in [0.15, 0.2) is 0 Å². The van der Waals surface area contributed by atoms with Gasteiger partial charge in [-0.2, -0.15) is 5.10 Å². The first-order chi connectivity index (χ1) is 12.4. The van der Waals surface area contributed by atoms with Crippen molar-refractivity contribution in [1.82, 2.24) is 9.78 Å². The molecule has 0 amide bonds. The smallest absolute Gasteiger partial charge is 0.102 e. The molecule has 1 heterocycles. The Labute approximate surface area is 160 Å². The molecule has 0 atom stereocenters. The number of hydrogen-bond acceptors (Lipinski definition) is 3. The van der Waals surface area contributed by atoms with Crippen LogP contribution in [0, 0.1) is 0 Å². The van der Waals surface area contributed by atoms with Gasteiger partial charge in [-0.3, -0.25) is 4.68 Å². The van der Waals surface area contributed by atoms with Crippen molar-refractivity contribution in [3.63, 3.8) is 0 Å². The van der Waals surface area contributed by atoms with Crippen LogP contribution in [-0.4, -0.2) is 16.3 Å². The number of rotatable bonds is 5. The number of aryl methyl sites for hydroxylation is 1. The normalized spacial score (nSPS) is 11.7. The van der Waals surface area contributed by atoms with Crippen LogP contribution >= 0.6 is 11.8 Å². The van der Waals surface area contributed by atoms with Gasteiger partial charge in [-0.1, -0.05) is 75.0 Å². The summed E-state index contributed by atoms with van der Waals surface area (Å²) in [7, 11) is 2.01. The van der Waals surface area contributed by atoms with Crippen LogP contribution < -0.4 is 5.73 Å². The van der Waals surface area contributed by atoms with Gasteiger partial charge >= 0.3 is 0 Å². The number of hydrogen-bond donors (Lipinski definition) is 1. The van der Waals surface area contributed by atoms with E-state index in [0.717, 1.165) is 22.7 Å². The number of nitrogens with two attached hydrogens (primary N) is 1. The van der Waals surface area contributed by atoms with Crippen LogP contribution in [0.5, 0.6) is 0 Å². The maximum absolute atomic E-state index is 5.90. The molecule has 0 unspecified atom stereocenters. The van der Waals surface area contributed by atoms with Gasteiger partial charge in [0.2, 0.25) is 0 Å². The minimum absolute atomic E-state index is 0.168. The Bertz CT molecular complexity index is 859. The summed E-state index contributed by atoms with van der Waals surface area (Å²) >= 11 is 1.76. The summed E-state index contributed by atoms with van der Waals surface area (Å²) < 4.78 is 1.98. The van der Waals surface area contributed by atoms with Gasteiger partial charge < -0.3 is 5.73 Å². The van der Waals surface area contributed by atoms with E-state index in [0.29, 0.717) is 6.54 Å². The maximum atomic E-state index is 5.90. The minimum Gasteiger partial charge on any atom is -0.330 e. The molecule has 3 rings (SSSR count). The van der Waals surface area contributed by atoms with Crippen LogP contribution in [0.1, 0.15) is 31.9 Å². The molecule has 0 spiro atoms. The Balaban J connectivity index is 1.96. The summed E-state index contributed by atoms with van der Waals surface area (Å²) in [6.07, 6.45) is 0.820. The summed E-state index contributed by atoms with van der Waals surface area (Å²) in [4.78, 5) is 1.22. The fraction of sp³-hybridized carbons (Fsp3) is 0.318. The third-order valence-electron chi connectivity index (χ3n) is 4.46. The van der Waals surface area contributed by atoms with E-state index >= 15 is 0 Å². The van der Waals surface area contributed by atoms with Crippen molar-refractivity contribution in [1.29, 1.82) is 0 Å². The standard InChI is InChI=1S/C22H27N3S/c1-22(2,3)17-10-12-18(13-11-17)26-21-19(14-15-23)20(24-25(21)4)16-8-6-5-7-9-16/h5-13H,14-15,23H2,1-4H3. The van der Waals surface area contributed by atoms with Crippen molar-refractivity contribution in [3.8, 4) is 11.3 Å². The van der Waals surface area contributed by atoms with Crippen LogP contribution in [0.4, 0.5) is 0 Å². The van der Waals surface area contributed by atoms with Gasteiger partial charge in [-0.05, 0) is 36.1 Å². The van der Waals surface area contributed by atoms with Crippen LogP contribution in [0.25, 0.3) is 11.3 Å². The first-order valence-electron chi connectivity index (χ1n) is 9.00. The van der Waals surface area contributed by atoms with Gasteiger partial charge in [0.25, 0.3) is 0 Å². The van der Waals surface area contributed by atoms with Gasteiger partial charge in [0, 0.05) is 23.1 Å². The SMILES string of the molecule is Cn1nc(-c2ccccc2)c(CCN)c1Sc1ccc(C(C)(C)C)cc1. The van der Waals surface area contributed by atoms with Crippen molar-refractivity contribution in [3.05, 3.63) is 65.7 Å². The lowest BCUT2D eigenvalue weighted by atomic mass is 9.87. The minimum atomic E-state index is 0.168. The molecule has 0 saturated carbocycles. The Hall–Kier alpha value is -2.04. The van der Waals surface area contributed by atoms with Crippen LogP contribution in [0.3, 0.4) is 0 Å². The molecule has 0 aliphatic carbocycles. The molecule has 0 aliphatic rings. The lowest BCUT2D eigenvalue weighted by Gasteiger charge is -2.19. The summed E-state index contributed by atoms with van der Waals surface area (Å²) in [5.41, 5.74) is 10.8. The fourth-order valence-electron chi connectivity index (χ4n) is 3.01. The lowest BCUT2D eigenvalue weighted by Crippen LogP contribution is -2.10. The highest BCUT2D eigenvalue weighted by molar-refractivity contribution is 7.99. The van der Waals surface area contributed by atoms with Crippen LogP contribution in [-0.2, 0) is 18.9 Å². The number of aromatic nitrogens is 2. The molecule has 2 aromatic carbocycles. The molecule has 0 fully saturated rings. The molecule has 0 bridgehead atoms. The fourth-order valence-corrected chi connectivity index (χ4v) is 4.00. The van der Waals surface area contributed by atoms with E-state index in [-0.39, 0.29) is 5.41 Å². The molecular formula is C22H27N3S. The third-order valence-corrected chi connectivity index (χ3v) is 5.68. The predicted octanol–water partition coefficient (Wildman–Crippen LogP) is 5.04. The maximum Gasteiger partial charge on any atom is 0.102 e. The van der Waals surface area contributed by atoms with Crippen molar-refractivity contribution < 1.29 is 0 Å². The zero-order valence-corrected chi connectivity index (χ0v) is 16.8. The number of nitrogens with zero attached hydrogens (tertiary/aromatic N) is 2. The molecular weight excluding hydrogens is 338 g/mol. The van der Waals surface area contributed by atoms with Crippen LogP contribution in [0.15, 0.2) is 64.5 Å². The Kier molecular flexibility index (Phi) is 5.54. The molecule has 2 N–H and O–H groups in total. The van der Waals surface area contributed by atoms with Gasteiger partial charge in [0.05, 0.1) is 5.69 Å². The second kappa shape index (κ2) is 7.68. The highest BCUT2D eigenvalue weighted by Crippen LogP contribution is 2.36. The Morgan fingerprint density at radius 3 is 2.23 bits per heavy atom. The van der Waals surface area contributed by atoms with Crippen molar-refractivity contribution in [2.45, 2.75) is 42.5 Å². The van der Waals surface area contributed by atoms with Crippen molar-refractivity contribution in [2.24, 2.45) is 12.8 Å². The van der Waals surface area contributed by atoms with E-state index < -0.39 is 0 Å². The zero-order chi connectivity index (χ0) is 18.7. The second-order valence-electron chi connectivity index (χ2n) is 7.54. The summed E-state index contributed by atoms with van der Waals surface area (Å²) in [6, 6.07) is 19.2. The first-order valence-corrected chi connectivity index (χ1v) is 9.81. The second-order valence-corrected chi connectivity index (χ2v) is 8.60. The van der Waals surface area contributed by atoms with E-state index in [2.05, 4.69) is 57.2 Å². The zero-order valence-electron chi connectivity index (χ0n) is 16.0. The van der Waals surface area contributed by atoms with E-state index in [9.17, 15) is 0 Å². The summed E-state index contributed by atoms with van der Waals surface area (Å²) in [5.74, 6) is 0. The largest absolute Gasteiger partial charge is 0.330 e. The molecule has 26 heavy (non-hydrogen) atoms. The third kappa shape index (κ3) is 4.02. The molecule has 136 valence electrons. The Morgan fingerprint density at radius 2 is 1.65 bits per heavy atom. The molecule has 0 aliphatic heterocycles. The van der Waals surface area contributed by atoms with E-state index in [1.165, 1.54) is 16.0 Å². The average molecular weight is 366 g/mol. The molecule has 4 heteroatoms. The van der Waals surface area contributed by atoms with E-state index in [1.54, 1.807) is 11.8 Å². The van der Waals surface area contributed by atoms with Crippen LogP contribution in [0.2, 0.25) is 0 Å². The van der Waals surface area contributed by atoms with E-state index in [4.69, 9.17) is 10.8 Å². The highest BCUT2D eigenvalue weighted by Gasteiger charge is 2.18. The summed E-state index contributed by atoms with van der Waals surface area (Å²) in [5, 5.41) is 5.96. The molecule has 3 nitrogen and oxygen atoms in total. The highest BCUT2D eigenvalue weighted by atomic mass is 32.2.